The van der Waals surface area contributed by atoms with Crippen molar-refractivity contribution < 1.29 is 27.5 Å². The molecule has 2 amide bonds. The highest BCUT2D eigenvalue weighted by atomic mass is 32.1. The molecule has 2 heterocycles. The van der Waals surface area contributed by atoms with E-state index < -0.39 is 6.36 Å². The molecule has 5 rings (SSSR count). The lowest BCUT2D eigenvalue weighted by Gasteiger charge is -2.31. The van der Waals surface area contributed by atoms with Crippen LogP contribution in [0.25, 0.3) is 11.1 Å². The number of benzene rings is 3. The maximum absolute atomic E-state index is 13.1. The number of piperidine rings is 1. The second-order valence-electron chi connectivity index (χ2n) is 9.78. The van der Waals surface area contributed by atoms with Gasteiger partial charge in [0.25, 0.3) is 5.91 Å². The number of aromatic nitrogens is 1. The minimum atomic E-state index is -4.77. The Morgan fingerprint density at radius 3 is 2.34 bits per heavy atom. The van der Waals surface area contributed by atoms with Crippen molar-refractivity contribution in [3.63, 3.8) is 0 Å². The van der Waals surface area contributed by atoms with Gasteiger partial charge in [-0.25, -0.2) is 4.98 Å². The lowest BCUT2D eigenvalue weighted by molar-refractivity contribution is -0.274. The lowest BCUT2D eigenvalue weighted by Crippen LogP contribution is -2.38. The fourth-order valence-electron chi connectivity index (χ4n) is 4.88. The number of thiazole rings is 1. The Hall–Kier alpha value is -4.18. The van der Waals surface area contributed by atoms with Crippen molar-refractivity contribution in [2.75, 3.05) is 18.4 Å². The molecule has 0 atom stereocenters. The summed E-state index contributed by atoms with van der Waals surface area (Å²) >= 11 is 1.44. The molecular weight excluding hydrogens is 551 g/mol. The zero-order valence-corrected chi connectivity index (χ0v) is 22.9. The van der Waals surface area contributed by atoms with Gasteiger partial charge in [0, 0.05) is 42.1 Å². The van der Waals surface area contributed by atoms with E-state index in [2.05, 4.69) is 15.0 Å². The van der Waals surface area contributed by atoms with Gasteiger partial charge in [0.05, 0.1) is 5.01 Å². The number of nitrogens with zero attached hydrogens (tertiary/aromatic N) is 2. The molecule has 1 fully saturated rings. The third-order valence-electron chi connectivity index (χ3n) is 7.00. The Morgan fingerprint density at radius 1 is 0.951 bits per heavy atom. The number of para-hydroxylation sites is 1. The van der Waals surface area contributed by atoms with Gasteiger partial charge >= 0.3 is 6.36 Å². The second kappa shape index (κ2) is 12.6. The summed E-state index contributed by atoms with van der Waals surface area (Å²) < 4.78 is 41.4. The molecule has 0 spiro atoms. The Labute approximate surface area is 239 Å². The number of halogens is 3. The summed E-state index contributed by atoms with van der Waals surface area (Å²) in [5.74, 6) is -0.345. The predicted molar refractivity (Wildman–Crippen MR) is 152 cm³/mol. The van der Waals surface area contributed by atoms with Gasteiger partial charge in [-0.2, -0.15) is 0 Å². The molecule has 212 valence electrons. The van der Waals surface area contributed by atoms with Crippen LogP contribution in [0.3, 0.4) is 0 Å². The summed E-state index contributed by atoms with van der Waals surface area (Å²) in [6.45, 7) is 1.33. The first-order valence-electron chi connectivity index (χ1n) is 13.3. The highest BCUT2D eigenvalue weighted by molar-refractivity contribution is 7.10. The van der Waals surface area contributed by atoms with Gasteiger partial charge in [0.1, 0.15) is 11.4 Å². The molecule has 41 heavy (non-hydrogen) atoms. The predicted octanol–water partition coefficient (Wildman–Crippen LogP) is 7.30. The smallest absolute Gasteiger partial charge is 0.406 e. The van der Waals surface area contributed by atoms with Crippen molar-refractivity contribution in [2.45, 2.75) is 38.0 Å². The van der Waals surface area contributed by atoms with Crippen LogP contribution in [-0.4, -0.2) is 41.2 Å². The molecule has 10 heteroatoms. The number of hydrogen-bond acceptors (Lipinski definition) is 5. The number of aryl methyl sites for hydroxylation is 1. The van der Waals surface area contributed by atoms with Crippen molar-refractivity contribution in [2.24, 2.45) is 0 Å². The minimum Gasteiger partial charge on any atom is -0.406 e. The van der Waals surface area contributed by atoms with Crippen LogP contribution in [0.1, 0.15) is 46.2 Å². The van der Waals surface area contributed by atoms with E-state index in [1.807, 2.05) is 35.2 Å². The Kier molecular flexibility index (Phi) is 8.68. The molecule has 3 aromatic carbocycles. The number of likely N-dealkylation sites (tertiary alicyclic amines) is 1. The van der Waals surface area contributed by atoms with E-state index in [1.165, 1.54) is 35.6 Å². The number of rotatable bonds is 8. The number of amides is 2. The second-order valence-corrected chi connectivity index (χ2v) is 10.7. The summed E-state index contributed by atoms with van der Waals surface area (Å²) in [5, 5.41) is 5.49. The van der Waals surface area contributed by atoms with Crippen molar-refractivity contribution in [1.29, 1.82) is 0 Å². The first kappa shape index (κ1) is 28.4. The third kappa shape index (κ3) is 7.52. The number of nitrogens with one attached hydrogen (secondary N) is 1. The summed E-state index contributed by atoms with van der Waals surface area (Å²) in [7, 11) is 0. The van der Waals surface area contributed by atoms with Crippen molar-refractivity contribution in [3.8, 4) is 16.9 Å². The number of hydrogen-bond donors (Lipinski definition) is 1. The third-order valence-corrected chi connectivity index (χ3v) is 8.00. The zero-order chi connectivity index (χ0) is 28.8. The topological polar surface area (TPSA) is 71.5 Å². The van der Waals surface area contributed by atoms with Crippen LogP contribution in [0.4, 0.5) is 18.9 Å². The normalized spacial score (nSPS) is 14.1. The van der Waals surface area contributed by atoms with Crippen LogP contribution in [0.15, 0.2) is 84.2 Å². The number of anilines is 1. The van der Waals surface area contributed by atoms with Gasteiger partial charge in [-0.05, 0) is 48.6 Å². The van der Waals surface area contributed by atoms with Crippen LogP contribution in [-0.2, 0) is 11.2 Å². The van der Waals surface area contributed by atoms with E-state index in [-0.39, 0.29) is 23.5 Å². The monoisotopic (exact) mass is 579 g/mol. The van der Waals surface area contributed by atoms with Gasteiger partial charge in [-0.1, -0.05) is 60.7 Å². The molecule has 4 aromatic rings. The standard InChI is InChI=1S/C31H28F3N3O3S/c32-31(33,34)40-24-13-11-22(12-14-24)25-8-4-5-9-26(25)35-29(39)27-20-41-30(36-27)23-16-18-37(19-17-23)28(38)15-10-21-6-2-1-3-7-21/h1-9,11-14,20,23H,10,15-19H2,(H,35,39). The van der Waals surface area contributed by atoms with E-state index in [0.29, 0.717) is 42.0 Å². The molecule has 1 aliphatic heterocycles. The molecule has 1 N–H and O–H groups in total. The number of ether oxygens (including phenoxy) is 1. The van der Waals surface area contributed by atoms with E-state index >= 15 is 0 Å². The molecule has 0 saturated carbocycles. The average molecular weight is 580 g/mol. The first-order chi connectivity index (χ1) is 19.7. The molecule has 1 aliphatic rings. The highest BCUT2D eigenvalue weighted by Crippen LogP contribution is 2.33. The maximum Gasteiger partial charge on any atom is 0.573 e. The van der Waals surface area contributed by atoms with Gasteiger partial charge in [-0.3, -0.25) is 9.59 Å². The molecule has 1 aromatic heterocycles. The van der Waals surface area contributed by atoms with Crippen LogP contribution in [0, 0.1) is 0 Å². The molecule has 0 radical (unpaired) electrons. The molecule has 6 nitrogen and oxygen atoms in total. The molecule has 0 unspecified atom stereocenters. The van der Waals surface area contributed by atoms with Gasteiger partial charge in [-0.15, -0.1) is 24.5 Å². The van der Waals surface area contributed by atoms with E-state index in [9.17, 15) is 22.8 Å². The quantitative estimate of drug-likeness (QED) is 0.238. The van der Waals surface area contributed by atoms with Crippen LogP contribution in [0.2, 0.25) is 0 Å². The van der Waals surface area contributed by atoms with E-state index in [4.69, 9.17) is 0 Å². The number of alkyl halides is 3. The SMILES string of the molecule is O=C(Nc1ccccc1-c1ccc(OC(F)(F)F)cc1)c1csc(C2CCN(C(=O)CCc3ccccc3)CC2)n1. The zero-order valence-electron chi connectivity index (χ0n) is 22.1. The van der Waals surface area contributed by atoms with Crippen LogP contribution < -0.4 is 10.1 Å². The lowest BCUT2D eigenvalue weighted by atomic mass is 9.97. The van der Waals surface area contributed by atoms with Crippen molar-refractivity contribution in [3.05, 3.63) is 101 Å². The molecule has 1 saturated heterocycles. The van der Waals surface area contributed by atoms with Crippen LogP contribution >= 0.6 is 11.3 Å². The summed E-state index contributed by atoms with van der Waals surface area (Å²) in [4.78, 5) is 32.3. The van der Waals surface area contributed by atoms with Crippen molar-refractivity contribution >= 4 is 28.8 Å². The fraction of sp³-hybridized carbons (Fsp3) is 0.258. The van der Waals surface area contributed by atoms with Crippen molar-refractivity contribution in [1.82, 2.24) is 9.88 Å². The fourth-order valence-corrected chi connectivity index (χ4v) is 5.85. The minimum absolute atomic E-state index is 0.160. The maximum atomic E-state index is 13.1. The number of carbonyl (C=O) groups excluding carboxylic acids is 2. The van der Waals surface area contributed by atoms with E-state index in [0.717, 1.165) is 29.8 Å². The highest BCUT2D eigenvalue weighted by Gasteiger charge is 2.31. The molecule has 0 bridgehead atoms. The average Bonchev–Trinajstić information content (AvgIpc) is 3.47. The van der Waals surface area contributed by atoms with Gasteiger partial charge in [0.15, 0.2) is 0 Å². The first-order valence-corrected chi connectivity index (χ1v) is 14.2. The molecular formula is C31H28F3N3O3S. The van der Waals surface area contributed by atoms with Crippen LogP contribution in [0.5, 0.6) is 5.75 Å². The summed E-state index contributed by atoms with van der Waals surface area (Å²) in [6.07, 6.45) is -1.96. The van der Waals surface area contributed by atoms with Gasteiger partial charge < -0.3 is 15.0 Å². The number of carbonyl (C=O) groups is 2. The summed E-state index contributed by atoms with van der Waals surface area (Å²) in [5.41, 5.74) is 3.24. The Bertz CT molecular complexity index is 1480. The Balaban J connectivity index is 1.17. The van der Waals surface area contributed by atoms with E-state index in [1.54, 1.807) is 29.6 Å². The molecule has 0 aliphatic carbocycles. The van der Waals surface area contributed by atoms with Gasteiger partial charge in [0.2, 0.25) is 5.91 Å². The largest absolute Gasteiger partial charge is 0.573 e. The summed E-state index contributed by atoms with van der Waals surface area (Å²) in [6, 6.07) is 22.5. The Morgan fingerprint density at radius 2 is 1.63 bits per heavy atom.